The van der Waals surface area contributed by atoms with Gasteiger partial charge in [0.05, 0.1) is 24.4 Å². The third-order valence-corrected chi connectivity index (χ3v) is 6.55. The lowest BCUT2D eigenvalue weighted by atomic mass is 10.0. The molecule has 10 nitrogen and oxygen atoms in total. The van der Waals surface area contributed by atoms with Crippen molar-refractivity contribution in [3.05, 3.63) is 102 Å². The van der Waals surface area contributed by atoms with Crippen molar-refractivity contribution in [1.29, 1.82) is 5.26 Å². The van der Waals surface area contributed by atoms with Crippen LogP contribution in [0, 0.1) is 11.3 Å². The van der Waals surface area contributed by atoms with E-state index >= 15 is 0 Å². The van der Waals surface area contributed by atoms with E-state index in [-0.39, 0.29) is 13.0 Å². The molecule has 0 radical (unpaired) electrons. The minimum atomic E-state index is -1.44. The molecule has 0 aliphatic rings. The number of nitrogens with two attached hydrogens (primary N) is 1. The Morgan fingerprint density at radius 1 is 1.05 bits per heavy atom. The van der Waals surface area contributed by atoms with Gasteiger partial charge >= 0.3 is 5.97 Å². The number of amides is 2. The lowest BCUT2D eigenvalue weighted by molar-refractivity contribution is -0.158. The van der Waals surface area contributed by atoms with E-state index in [1.807, 2.05) is 54.6 Å². The number of aromatic nitrogens is 2. The van der Waals surface area contributed by atoms with Crippen LogP contribution in [0.5, 0.6) is 0 Å². The minimum Gasteiger partial charge on any atom is -0.459 e. The maximum absolute atomic E-state index is 13.4. The Labute approximate surface area is 244 Å². The Kier molecular flexibility index (Phi) is 9.35. The van der Waals surface area contributed by atoms with Gasteiger partial charge in [-0.05, 0) is 54.8 Å². The summed E-state index contributed by atoms with van der Waals surface area (Å²) in [4.78, 5) is 43.6. The Morgan fingerprint density at radius 3 is 2.48 bits per heavy atom. The molecule has 4 aromatic rings. The van der Waals surface area contributed by atoms with Gasteiger partial charge in [0, 0.05) is 25.0 Å². The van der Waals surface area contributed by atoms with Crippen molar-refractivity contribution in [2.75, 3.05) is 0 Å². The topological polar surface area (TPSA) is 152 Å². The second-order valence-corrected chi connectivity index (χ2v) is 11.0. The van der Waals surface area contributed by atoms with Crippen molar-refractivity contribution in [2.45, 2.75) is 58.0 Å². The number of nitrogens with one attached hydrogen (secondary N) is 2. The molecule has 42 heavy (non-hydrogen) atoms. The monoisotopic (exact) mass is 566 g/mol. The number of nitrogens with zero attached hydrogens (tertiary/aromatic N) is 3. The van der Waals surface area contributed by atoms with Crippen LogP contribution in [0.2, 0.25) is 0 Å². The predicted molar refractivity (Wildman–Crippen MR) is 158 cm³/mol. The summed E-state index contributed by atoms with van der Waals surface area (Å²) in [5.74, 6) is -1.93. The number of rotatable bonds is 10. The molecule has 0 aliphatic carbocycles. The van der Waals surface area contributed by atoms with Crippen molar-refractivity contribution in [2.24, 2.45) is 5.73 Å². The van der Waals surface area contributed by atoms with E-state index in [0.717, 1.165) is 21.9 Å². The van der Waals surface area contributed by atoms with E-state index in [1.54, 1.807) is 50.0 Å². The number of imidazole rings is 1. The number of benzene rings is 3. The highest BCUT2D eigenvalue weighted by molar-refractivity contribution is 5.94. The minimum absolute atomic E-state index is 0.107. The molecule has 0 bridgehead atoms. The zero-order chi connectivity index (χ0) is 30.3. The number of hydrogen-bond donors (Lipinski definition) is 3. The van der Waals surface area contributed by atoms with Gasteiger partial charge in [0.25, 0.3) is 0 Å². The summed E-state index contributed by atoms with van der Waals surface area (Å²) < 4.78 is 7.21. The van der Waals surface area contributed by atoms with E-state index in [2.05, 4.69) is 21.7 Å². The van der Waals surface area contributed by atoms with Gasteiger partial charge in [0.2, 0.25) is 11.8 Å². The lowest BCUT2D eigenvalue weighted by Crippen LogP contribution is -2.60. The molecule has 3 aromatic carbocycles. The van der Waals surface area contributed by atoms with Crippen LogP contribution >= 0.6 is 0 Å². The molecule has 0 saturated heterocycles. The molecule has 0 fully saturated rings. The highest BCUT2D eigenvalue weighted by Gasteiger charge is 2.35. The zero-order valence-electron chi connectivity index (χ0n) is 23.8. The fourth-order valence-corrected chi connectivity index (χ4v) is 4.47. The number of carbonyl (C=O) groups excluding carboxylic acids is 3. The van der Waals surface area contributed by atoms with Crippen molar-refractivity contribution in [3.63, 3.8) is 0 Å². The maximum atomic E-state index is 13.4. The van der Waals surface area contributed by atoms with Crippen LogP contribution in [-0.4, -0.2) is 45.0 Å². The molecule has 4 N–H and O–H groups in total. The van der Waals surface area contributed by atoms with Crippen LogP contribution < -0.4 is 16.4 Å². The molecule has 0 aliphatic heterocycles. The Balaban J connectivity index is 1.48. The second kappa shape index (κ2) is 13.1. The molecule has 2 amide bonds. The van der Waals surface area contributed by atoms with E-state index < -0.39 is 35.5 Å². The summed E-state index contributed by atoms with van der Waals surface area (Å²) in [5.41, 5.74) is 8.33. The van der Waals surface area contributed by atoms with Crippen LogP contribution in [0.15, 0.2) is 79.3 Å². The fraction of sp³-hybridized carbons (Fsp3) is 0.281. The molecule has 10 heteroatoms. The average molecular weight is 567 g/mol. The number of carbonyl (C=O) groups is 3. The van der Waals surface area contributed by atoms with Crippen molar-refractivity contribution in [1.82, 2.24) is 20.2 Å². The second-order valence-electron chi connectivity index (χ2n) is 11.0. The van der Waals surface area contributed by atoms with Crippen LogP contribution in [0.3, 0.4) is 0 Å². The molecule has 2 atom stereocenters. The van der Waals surface area contributed by atoms with Gasteiger partial charge in [0.15, 0.2) is 0 Å². The number of nitriles is 1. The normalized spacial score (nSPS) is 12.6. The number of fused-ring (bicyclic) bond motifs is 1. The first kappa shape index (κ1) is 30.0. The van der Waals surface area contributed by atoms with Crippen LogP contribution in [0.1, 0.15) is 43.2 Å². The van der Waals surface area contributed by atoms with E-state index in [0.29, 0.717) is 17.8 Å². The lowest BCUT2D eigenvalue weighted by Gasteiger charge is -2.27. The summed E-state index contributed by atoms with van der Waals surface area (Å²) >= 11 is 0. The first-order valence-electron chi connectivity index (χ1n) is 13.5. The molecule has 1 heterocycles. The maximum Gasteiger partial charge on any atom is 0.326 e. The summed E-state index contributed by atoms with van der Waals surface area (Å²) in [6.45, 7) is 5.69. The number of hydrogen-bond acceptors (Lipinski definition) is 7. The molecule has 0 spiro atoms. The van der Waals surface area contributed by atoms with E-state index in [9.17, 15) is 14.4 Å². The van der Waals surface area contributed by atoms with E-state index in [1.165, 1.54) is 0 Å². The first-order valence-corrected chi connectivity index (χ1v) is 13.5. The van der Waals surface area contributed by atoms with Gasteiger partial charge in [-0.3, -0.25) is 14.4 Å². The Hall–Kier alpha value is -5.01. The molecule has 0 saturated carbocycles. The van der Waals surface area contributed by atoms with Gasteiger partial charge in [-0.25, -0.2) is 4.98 Å². The van der Waals surface area contributed by atoms with Gasteiger partial charge in [0.1, 0.15) is 17.7 Å². The SMILES string of the molecule is CC(C)(C)OC(=O)C(N)C(NC(=O)Cc1cncn1Cc1ccc(C#N)cc1)C(=O)NCc1cccc2ccccc12. The van der Waals surface area contributed by atoms with Crippen LogP contribution in [0.4, 0.5) is 0 Å². The number of esters is 1. The Bertz CT molecular complexity index is 1610. The van der Waals surface area contributed by atoms with Gasteiger partial charge < -0.3 is 25.7 Å². The van der Waals surface area contributed by atoms with Crippen LogP contribution in [0.25, 0.3) is 10.8 Å². The predicted octanol–water partition coefficient (Wildman–Crippen LogP) is 2.97. The van der Waals surface area contributed by atoms with Gasteiger partial charge in [-0.15, -0.1) is 0 Å². The van der Waals surface area contributed by atoms with E-state index in [4.69, 9.17) is 15.7 Å². The fourth-order valence-electron chi connectivity index (χ4n) is 4.47. The summed E-state index contributed by atoms with van der Waals surface area (Å²) in [6.07, 6.45) is 3.05. The highest BCUT2D eigenvalue weighted by Crippen LogP contribution is 2.18. The van der Waals surface area contributed by atoms with Crippen LogP contribution in [-0.2, 0) is 38.6 Å². The van der Waals surface area contributed by atoms with Gasteiger partial charge in [-0.2, -0.15) is 5.26 Å². The van der Waals surface area contributed by atoms with Crippen molar-refractivity contribution < 1.29 is 19.1 Å². The average Bonchev–Trinajstić information content (AvgIpc) is 3.39. The molecule has 4 rings (SSSR count). The first-order chi connectivity index (χ1) is 20.0. The largest absolute Gasteiger partial charge is 0.459 e. The standard InChI is InChI=1S/C32H34N6O4/c1-32(2,3)42-31(41)28(34)29(30(40)36-17-24-9-6-8-23-7-4-5-10-26(23)24)37-27(39)15-25-18-35-20-38(25)19-22-13-11-21(16-33)12-14-22/h4-14,18,20,28-29H,15,17,19,34H2,1-3H3,(H,36,40)(H,37,39). The zero-order valence-corrected chi connectivity index (χ0v) is 23.8. The molecular weight excluding hydrogens is 532 g/mol. The smallest absolute Gasteiger partial charge is 0.326 e. The summed E-state index contributed by atoms with van der Waals surface area (Å²) in [6, 6.07) is 20.0. The molecule has 1 aromatic heterocycles. The molecule has 2 unspecified atom stereocenters. The summed E-state index contributed by atoms with van der Waals surface area (Å²) in [5, 5.41) is 16.5. The molecule has 216 valence electrons. The number of ether oxygens (including phenoxy) is 1. The quantitative estimate of drug-likeness (QED) is 0.250. The molecular formula is C32H34N6O4. The highest BCUT2D eigenvalue weighted by atomic mass is 16.6. The van der Waals surface area contributed by atoms with Gasteiger partial charge in [-0.1, -0.05) is 54.6 Å². The van der Waals surface area contributed by atoms with Crippen molar-refractivity contribution >= 4 is 28.6 Å². The Morgan fingerprint density at radius 2 is 1.76 bits per heavy atom. The van der Waals surface area contributed by atoms with Crippen molar-refractivity contribution in [3.8, 4) is 6.07 Å². The third-order valence-electron chi connectivity index (χ3n) is 6.55. The third kappa shape index (κ3) is 7.80. The summed E-state index contributed by atoms with van der Waals surface area (Å²) in [7, 11) is 0.